The van der Waals surface area contributed by atoms with Crippen LogP contribution in [-0.2, 0) is 11.3 Å². The summed E-state index contributed by atoms with van der Waals surface area (Å²) in [6.07, 6.45) is 0. The molecule has 10 heteroatoms. The van der Waals surface area contributed by atoms with E-state index < -0.39 is 6.61 Å². The number of rotatable bonds is 8. The molecule has 0 spiro atoms. The van der Waals surface area contributed by atoms with E-state index in [0.29, 0.717) is 23.8 Å². The molecule has 0 aromatic heterocycles. The number of hydrogen-bond acceptors (Lipinski definition) is 4. The van der Waals surface area contributed by atoms with Crippen LogP contribution >= 0.6 is 24.0 Å². The van der Waals surface area contributed by atoms with Crippen LogP contribution in [0.4, 0.5) is 14.5 Å². The number of anilines is 1. The number of nitrogens with one attached hydrogen (secondary N) is 3. The van der Waals surface area contributed by atoms with Crippen LogP contribution < -0.4 is 20.7 Å². The zero-order valence-electron chi connectivity index (χ0n) is 15.7. The summed E-state index contributed by atoms with van der Waals surface area (Å²) in [6.45, 7) is -0.456. The van der Waals surface area contributed by atoms with Gasteiger partial charge in [0.25, 0.3) is 0 Å². The molecule has 0 aliphatic rings. The summed E-state index contributed by atoms with van der Waals surface area (Å²) >= 11 is 0. The minimum Gasteiger partial charge on any atom is -0.508 e. The fourth-order valence-corrected chi connectivity index (χ4v) is 2.27. The average Bonchev–Trinajstić information content (AvgIpc) is 2.66. The molecule has 1 amide bonds. The van der Waals surface area contributed by atoms with Crippen LogP contribution in [0.25, 0.3) is 0 Å². The molecule has 0 saturated carbocycles. The molecule has 2 aromatic carbocycles. The number of nitrogens with zero attached hydrogens (tertiary/aromatic N) is 1. The van der Waals surface area contributed by atoms with E-state index in [-0.39, 0.29) is 54.5 Å². The molecule has 0 heterocycles. The van der Waals surface area contributed by atoms with Crippen LogP contribution in [0, 0.1) is 0 Å². The first-order chi connectivity index (χ1) is 13.5. The van der Waals surface area contributed by atoms with E-state index in [4.69, 9.17) is 0 Å². The number of ether oxygens (including phenoxy) is 1. The molecule has 29 heavy (non-hydrogen) atoms. The smallest absolute Gasteiger partial charge is 0.387 e. The van der Waals surface area contributed by atoms with Gasteiger partial charge in [0.05, 0.1) is 13.1 Å². The molecule has 0 unspecified atom stereocenters. The Balaban J connectivity index is 0.00000420. The molecule has 7 nitrogen and oxygen atoms in total. The van der Waals surface area contributed by atoms with Gasteiger partial charge in [0.1, 0.15) is 11.5 Å². The molecule has 4 N–H and O–H groups in total. The van der Waals surface area contributed by atoms with Crippen LogP contribution in [0.15, 0.2) is 53.5 Å². The molecule has 2 aromatic rings. The van der Waals surface area contributed by atoms with Crippen molar-refractivity contribution in [1.29, 1.82) is 0 Å². The fraction of sp³-hybridized carbons (Fsp3) is 0.263. The van der Waals surface area contributed by atoms with Gasteiger partial charge in [-0.2, -0.15) is 8.78 Å². The van der Waals surface area contributed by atoms with E-state index in [9.17, 15) is 18.7 Å². The van der Waals surface area contributed by atoms with E-state index in [1.54, 1.807) is 30.3 Å². The van der Waals surface area contributed by atoms with Gasteiger partial charge >= 0.3 is 6.61 Å². The van der Waals surface area contributed by atoms with Crippen molar-refractivity contribution < 1.29 is 23.4 Å². The van der Waals surface area contributed by atoms with Crippen LogP contribution in [-0.4, -0.2) is 36.7 Å². The molecule has 0 fully saturated rings. The maximum atomic E-state index is 12.5. The van der Waals surface area contributed by atoms with Gasteiger partial charge in [0.15, 0.2) is 5.96 Å². The highest BCUT2D eigenvalue weighted by Gasteiger charge is 2.09. The Morgan fingerprint density at radius 3 is 2.48 bits per heavy atom. The van der Waals surface area contributed by atoms with Gasteiger partial charge < -0.3 is 25.8 Å². The van der Waals surface area contributed by atoms with Gasteiger partial charge in [-0.25, -0.2) is 4.99 Å². The average molecular weight is 520 g/mol. The molecule has 2 rings (SSSR count). The third kappa shape index (κ3) is 8.94. The zero-order chi connectivity index (χ0) is 20.4. The Bertz CT molecular complexity index is 804. The highest BCUT2D eigenvalue weighted by molar-refractivity contribution is 14.0. The summed E-state index contributed by atoms with van der Waals surface area (Å²) in [7, 11) is 0. The number of carbonyl (C=O) groups is 1. The first-order valence-electron chi connectivity index (χ1n) is 8.61. The summed E-state index contributed by atoms with van der Waals surface area (Å²) in [4.78, 5) is 16.3. The van der Waals surface area contributed by atoms with Gasteiger partial charge in [-0.05, 0) is 37.3 Å². The van der Waals surface area contributed by atoms with E-state index in [0.717, 1.165) is 0 Å². The number of carbonyl (C=O) groups excluding carboxylic acids is 1. The number of aromatic hydroxyl groups is 1. The molecule has 0 aliphatic carbocycles. The number of aliphatic imine (C=N–C) groups is 1. The van der Waals surface area contributed by atoms with Gasteiger partial charge in [-0.3, -0.25) is 4.79 Å². The van der Waals surface area contributed by atoms with Crippen molar-refractivity contribution >= 4 is 41.5 Å². The molecule has 0 bridgehead atoms. The lowest BCUT2D eigenvalue weighted by atomic mass is 10.2. The van der Waals surface area contributed by atoms with E-state index in [1.165, 1.54) is 18.2 Å². The number of para-hydroxylation sites is 1. The monoisotopic (exact) mass is 520 g/mol. The van der Waals surface area contributed by atoms with E-state index >= 15 is 0 Å². The molecular formula is C19H23F2IN4O3. The number of guanidine groups is 1. The Kier molecular flexibility index (Phi) is 10.7. The highest BCUT2D eigenvalue weighted by atomic mass is 127. The summed E-state index contributed by atoms with van der Waals surface area (Å²) in [5.41, 5.74) is 1.04. The molecule has 0 saturated heterocycles. The molecular weight excluding hydrogens is 497 g/mol. The minimum absolute atomic E-state index is 0. The highest BCUT2D eigenvalue weighted by Crippen LogP contribution is 2.21. The van der Waals surface area contributed by atoms with E-state index in [2.05, 4.69) is 25.7 Å². The lowest BCUT2D eigenvalue weighted by molar-refractivity contribution is -0.115. The summed E-state index contributed by atoms with van der Waals surface area (Å²) in [6, 6.07) is 12.5. The Hall–Kier alpha value is -2.63. The van der Waals surface area contributed by atoms with Crippen molar-refractivity contribution in [3.05, 3.63) is 54.1 Å². The number of amides is 1. The quantitative estimate of drug-likeness (QED) is 0.186. The Morgan fingerprint density at radius 2 is 1.83 bits per heavy atom. The second kappa shape index (κ2) is 12.8. The predicted molar refractivity (Wildman–Crippen MR) is 118 cm³/mol. The van der Waals surface area contributed by atoms with Gasteiger partial charge in [0.2, 0.25) is 5.91 Å². The van der Waals surface area contributed by atoms with Crippen molar-refractivity contribution in [2.45, 2.75) is 20.1 Å². The lowest BCUT2D eigenvalue weighted by Crippen LogP contribution is -2.41. The molecule has 0 atom stereocenters. The largest absolute Gasteiger partial charge is 0.508 e. The predicted octanol–water partition coefficient (Wildman–Crippen LogP) is 3.31. The second-order valence-corrected chi connectivity index (χ2v) is 5.63. The van der Waals surface area contributed by atoms with Crippen LogP contribution in [0.1, 0.15) is 12.5 Å². The van der Waals surface area contributed by atoms with Crippen molar-refractivity contribution in [3.8, 4) is 11.5 Å². The maximum Gasteiger partial charge on any atom is 0.387 e. The topological polar surface area (TPSA) is 95.0 Å². The van der Waals surface area contributed by atoms with Crippen LogP contribution in [0.2, 0.25) is 0 Å². The van der Waals surface area contributed by atoms with Gasteiger partial charge in [-0.15, -0.1) is 24.0 Å². The number of halogens is 3. The Labute approximate surface area is 184 Å². The third-order valence-corrected chi connectivity index (χ3v) is 3.51. The Morgan fingerprint density at radius 1 is 1.14 bits per heavy atom. The molecule has 0 radical (unpaired) electrons. The molecule has 0 aliphatic heterocycles. The minimum atomic E-state index is -2.92. The molecule has 158 valence electrons. The van der Waals surface area contributed by atoms with Crippen LogP contribution in [0.3, 0.4) is 0 Å². The number of phenols is 1. The first-order valence-corrected chi connectivity index (χ1v) is 8.61. The normalized spacial score (nSPS) is 10.8. The zero-order valence-corrected chi connectivity index (χ0v) is 18.0. The summed E-state index contributed by atoms with van der Waals surface area (Å²) < 4.78 is 29.5. The van der Waals surface area contributed by atoms with Crippen molar-refractivity contribution in [2.75, 3.05) is 18.4 Å². The number of benzene rings is 2. The first kappa shape index (κ1) is 24.4. The van der Waals surface area contributed by atoms with Crippen molar-refractivity contribution in [3.63, 3.8) is 0 Å². The van der Waals surface area contributed by atoms with Gasteiger partial charge in [0, 0.05) is 17.8 Å². The standard InChI is InChI=1S/C19H22F2N4O3.HI/c1-2-22-19(23-11-13-5-3-4-6-16(13)28-18(20)21)24-12-17(27)25-14-7-9-15(26)10-8-14;/h3-10,18,26H,2,11-12H2,1H3,(H,25,27)(H2,22,23,24);1H. The van der Waals surface area contributed by atoms with Crippen molar-refractivity contribution in [1.82, 2.24) is 10.6 Å². The number of hydrogen-bond donors (Lipinski definition) is 4. The van der Waals surface area contributed by atoms with Crippen LogP contribution in [0.5, 0.6) is 11.5 Å². The third-order valence-electron chi connectivity index (χ3n) is 3.51. The lowest BCUT2D eigenvalue weighted by Gasteiger charge is -2.13. The number of alkyl halides is 2. The maximum absolute atomic E-state index is 12.5. The van der Waals surface area contributed by atoms with Gasteiger partial charge in [-0.1, -0.05) is 18.2 Å². The summed E-state index contributed by atoms with van der Waals surface area (Å²) in [5, 5.41) is 17.8. The van der Waals surface area contributed by atoms with Crippen molar-refractivity contribution in [2.24, 2.45) is 4.99 Å². The SMILES string of the molecule is CCNC(=NCc1ccccc1OC(F)F)NCC(=O)Nc1ccc(O)cc1.I. The fourth-order valence-electron chi connectivity index (χ4n) is 2.27. The second-order valence-electron chi connectivity index (χ2n) is 5.63. The summed E-state index contributed by atoms with van der Waals surface area (Å²) in [5.74, 6) is 0.212. The van der Waals surface area contributed by atoms with E-state index in [1.807, 2.05) is 6.92 Å². The number of phenolic OH excluding ortho intramolecular Hbond substituents is 1.